The van der Waals surface area contributed by atoms with E-state index in [1.165, 1.54) is 12.1 Å². The molecule has 118 valence electrons. The fourth-order valence-corrected chi connectivity index (χ4v) is 1.92. The third kappa shape index (κ3) is 4.13. The number of aldehydes is 1. The molecule has 2 aromatic rings. The van der Waals surface area contributed by atoms with Crippen LogP contribution in [0.15, 0.2) is 42.5 Å². The molecule has 1 amide bonds. The van der Waals surface area contributed by atoms with Crippen LogP contribution < -0.4 is 10.1 Å². The van der Waals surface area contributed by atoms with Crippen molar-refractivity contribution in [2.24, 2.45) is 0 Å². The predicted octanol–water partition coefficient (Wildman–Crippen LogP) is 2.73. The van der Waals surface area contributed by atoms with Gasteiger partial charge in [0.15, 0.2) is 12.9 Å². The Kier molecular flexibility index (Phi) is 5.03. The molecule has 0 saturated carbocycles. The minimum Gasteiger partial charge on any atom is -0.483 e. The van der Waals surface area contributed by atoms with E-state index < -0.39 is 10.8 Å². The summed E-state index contributed by atoms with van der Waals surface area (Å²) >= 11 is 0. The number of nitrogens with one attached hydrogen (secondary N) is 1. The van der Waals surface area contributed by atoms with Gasteiger partial charge < -0.3 is 10.1 Å². The van der Waals surface area contributed by atoms with Gasteiger partial charge in [-0.3, -0.25) is 19.7 Å². The smallest absolute Gasteiger partial charge is 0.270 e. The van der Waals surface area contributed by atoms with Gasteiger partial charge in [-0.25, -0.2) is 0 Å². The van der Waals surface area contributed by atoms with Crippen molar-refractivity contribution in [3.8, 4) is 5.75 Å². The lowest BCUT2D eigenvalue weighted by molar-refractivity contribution is -0.384. The maximum Gasteiger partial charge on any atom is 0.270 e. The highest BCUT2D eigenvalue weighted by molar-refractivity contribution is 5.92. The van der Waals surface area contributed by atoms with Crippen LogP contribution in [0.3, 0.4) is 0 Å². The van der Waals surface area contributed by atoms with Crippen LogP contribution in [-0.2, 0) is 4.79 Å². The zero-order valence-corrected chi connectivity index (χ0v) is 12.3. The van der Waals surface area contributed by atoms with Gasteiger partial charge in [0.2, 0.25) is 0 Å². The maximum absolute atomic E-state index is 11.9. The third-order valence-electron chi connectivity index (χ3n) is 3.11. The Morgan fingerprint density at radius 2 is 2.04 bits per heavy atom. The summed E-state index contributed by atoms with van der Waals surface area (Å²) < 4.78 is 5.27. The molecule has 0 heterocycles. The minimum atomic E-state index is -0.609. The number of nitro benzene ring substituents is 1. The van der Waals surface area contributed by atoms with Crippen LogP contribution in [0.1, 0.15) is 15.9 Å². The summed E-state index contributed by atoms with van der Waals surface area (Å²) in [6.45, 7) is 1.55. The molecule has 0 spiro atoms. The molecule has 1 N–H and O–H groups in total. The Labute approximate surface area is 132 Å². The Balaban J connectivity index is 2.03. The zero-order chi connectivity index (χ0) is 16.8. The van der Waals surface area contributed by atoms with Crippen molar-refractivity contribution in [3.63, 3.8) is 0 Å². The molecular weight excluding hydrogens is 300 g/mol. The molecule has 2 rings (SSSR count). The number of carbonyl (C=O) groups excluding carboxylic acids is 2. The fraction of sp³-hybridized carbons (Fsp3) is 0.125. The molecule has 0 atom stereocenters. The van der Waals surface area contributed by atoms with Crippen molar-refractivity contribution in [1.82, 2.24) is 0 Å². The van der Waals surface area contributed by atoms with Crippen LogP contribution in [0.25, 0.3) is 0 Å². The van der Waals surface area contributed by atoms with E-state index >= 15 is 0 Å². The zero-order valence-electron chi connectivity index (χ0n) is 12.3. The first-order valence-electron chi connectivity index (χ1n) is 6.73. The summed E-state index contributed by atoms with van der Waals surface area (Å²) in [7, 11) is 0. The van der Waals surface area contributed by atoms with E-state index in [0.29, 0.717) is 12.0 Å². The molecular formula is C16H14N2O5. The molecule has 0 aromatic heterocycles. The highest BCUT2D eigenvalue weighted by atomic mass is 16.6. The first kappa shape index (κ1) is 16.2. The SMILES string of the molecule is Cc1ccccc1NC(=O)COc1ccc([N+](=O)[O-])cc1C=O. The third-order valence-corrected chi connectivity index (χ3v) is 3.11. The molecule has 0 aliphatic carbocycles. The lowest BCUT2D eigenvalue weighted by Gasteiger charge is -2.10. The molecule has 0 bridgehead atoms. The second-order valence-corrected chi connectivity index (χ2v) is 4.75. The van der Waals surface area contributed by atoms with Crippen molar-refractivity contribution < 1.29 is 19.2 Å². The van der Waals surface area contributed by atoms with Crippen molar-refractivity contribution in [1.29, 1.82) is 0 Å². The molecule has 0 unspecified atom stereocenters. The Bertz CT molecular complexity index is 758. The standard InChI is InChI=1S/C16H14N2O5/c1-11-4-2-3-5-14(11)17-16(20)10-23-15-7-6-13(18(21)22)8-12(15)9-19/h2-9H,10H2,1H3,(H,17,20). The second kappa shape index (κ2) is 7.17. The monoisotopic (exact) mass is 314 g/mol. The van der Waals surface area contributed by atoms with E-state index in [0.717, 1.165) is 11.6 Å². The van der Waals surface area contributed by atoms with Gasteiger partial charge in [0.25, 0.3) is 11.6 Å². The fourth-order valence-electron chi connectivity index (χ4n) is 1.92. The van der Waals surface area contributed by atoms with Crippen LogP contribution in [-0.4, -0.2) is 23.7 Å². The Morgan fingerprint density at radius 1 is 1.30 bits per heavy atom. The largest absolute Gasteiger partial charge is 0.483 e. The number of para-hydroxylation sites is 1. The molecule has 7 nitrogen and oxygen atoms in total. The van der Waals surface area contributed by atoms with Crippen LogP contribution in [0.2, 0.25) is 0 Å². The van der Waals surface area contributed by atoms with Crippen LogP contribution in [0.5, 0.6) is 5.75 Å². The van der Waals surface area contributed by atoms with Gasteiger partial charge in [-0.2, -0.15) is 0 Å². The summed E-state index contributed by atoms with van der Waals surface area (Å²) in [5.74, 6) is -0.278. The molecule has 0 aliphatic heterocycles. The second-order valence-electron chi connectivity index (χ2n) is 4.75. The number of amides is 1. The van der Waals surface area contributed by atoms with Crippen molar-refractivity contribution >= 4 is 23.6 Å². The summed E-state index contributed by atoms with van der Waals surface area (Å²) in [6, 6.07) is 10.9. The quantitative estimate of drug-likeness (QED) is 0.502. The molecule has 2 aromatic carbocycles. The van der Waals surface area contributed by atoms with Gasteiger partial charge in [-0.15, -0.1) is 0 Å². The van der Waals surface area contributed by atoms with Crippen LogP contribution in [0.4, 0.5) is 11.4 Å². The molecule has 0 aliphatic rings. The number of aryl methyl sites for hydroxylation is 1. The van der Waals surface area contributed by atoms with E-state index in [1.54, 1.807) is 12.1 Å². The van der Waals surface area contributed by atoms with Gasteiger partial charge in [0.1, 0.15) is 5.75 Å². The van der Waals surface area contributed by atoms with Gasteiger partial charge in [0.05, 0.1) is 10.5 Å². The van der Waals surface area contributed by atoms with Gasteiger partial charge in [-0.05, 0) is 24.6 Å². The molecule has 0 radical (unpaired) electrons. The average Bonchev–Trinajstić information content (AvgIpc) is 2.54. The first-order chi connectivity index (χ1) is 11.0. The van der Waals surface area contributed by atoms with E-state index in [9.17, 15) is 19.7 Å². The summed E-state index contributed by atoms with van der Waals surface area (Å²) in [5.41, 5.74) is 1.37. The number of anilines is 1. The topological polar surface area (TPSA) is 98.5 Å². The highest BCUT2D eigenvalue weighted by Gasteiger charge is 2.13. The molecule has 0 fully saturated rings. The number of ether oxygens (including phenoxy) is 1. The minimum absolute atomic E-state index is 0.0166. The van der Waals surface area contributed by atoms with E-state index in [2.05, 4.69) is 5.32 Å². The number of nitro groups is 1. The first-order valence-corrected chi connectivity index (χ1v) is 6.73. The summed E-state index contributed by atoms with van der Waals surface area (Å²) in [5, 5.41) is 13.4. The van der Waals surface area contributed by atoms with E-state index in [-0.39, 0.29) is 23.6 Å². The van der Waals surface area contributed by atoms with Gasteiger partial charge in [-0.1, -0.05) is 18.2 Å². The number of non-ortho nitro benzene ring substituents is 1. The maximum atomic E-state index is 11.9. The summed E-state index contributed by atoms with van der Waals surface area (Å²) in [4.78, 5) is 32.9. The van der Waals surface area contributed by atoms with Crippen molar-refractivity contribution in [2.75, 3.05) is 11.9 Å². The van der Waals surface area contributed by atoms with Crippen molar-refractivity contribution in [2.45, 2.75) is 6.92 Å². The molecule has 0 saturated heterocycles. The number of hydrogen-bond donors (Lipinski definition) is 1. The highest BCUT2D eigenvalue weighted by Crippen LogP contribution is 2.22. The van der Waals surface area contributed by atoms with Crippen LogP contribution in [0, 0.1) is 17.0 Å². The van der Waals surface area contributed by atoms with Crippen LogP contribution >= 0.6 is 0 Å². The molecule has 7 heteroatoms. The van der Waals surface area contributed by atoms with Gasteiger partial charge in [0, 0.05) is 17.8 Å². The normalized spacial score (nSPS) is 9.96. The number of hydrogen-bond acceptors (Lipinski definition) is 5. The number of benzene rings is 2. The van der Waals surface area contributed by atoms with Gasteiger partial charge >= 0.3 is 0 Å². The Morgan fingerprint density at radius 3 is 2.70 bits per heavy atom. The predicted molar refractivity (Wildman–Crippen MR) is 83.8 cm³/mol. The lowest BCUT2D eigenvalue weighted by atomic mass is 10.2. The molecule has 23 heavy (non-hydrogen) atoms. The Hall–Kier alpha value is -3.22. The summed E-state index contributed by atoms with van der Waals surface area (Å²) in [6.07, 6.45) is 0.446. The number of carbonyl (C=O) groups is 2. The van der Waals surface area contributed by atoms with E-state index in [1.807, 2.05) is 19.1 Å². The van der Waals surface area contributed by atoms with Crippen molar-refractivity contribution in [3.05, 3.63) is 63.7 Å². The number of nitrogens with zero attached hydrogens (tertiary/aromatic N) is 1. The average molecular weight is 314 g/mol. The lowest BCUT2D eigenvalue weighted by Crippen LogP contribution is -2.21. The number of rotatable bonds is 6. The van der Waals surface area contributed by atoms with E-state index in [4.69, 9.17) is 4.74 Å².